The second-order valence-electron chi connectivity index (χ2n) is 5.28. The van der Waals surface area contributed by atoms with Crippen LogP contribution in [0, 0.1) is 0 Å². The van der Waals surface area contributed by atoms with Crippen LogP contribution in [0.1, 0.15) is 42.9 Å². The lowest BCUT2D eigenvalue weighted by Crippen LogP contribution is -2.15. The van der Waals surface area contributed by atoms with E-state index in [0.29, 0.717) is 0 Å². The number of ether oxygens (including phenoxy) is 1. The van der Waals surface area contributed by atoms with E-state index >= 15 is 0 Å². The van der Waals surface area contributed by atoms with Gasteiger partial charge >= 0.3 is 0 Å². The Morgan fingerprint density at radius 1 is 1.33 bits per heavy atom. The Labute approximate surface area is 113 Å². The van der Waals surface area contributed by atoms with Gasteiger partial charge in [0.1, 0.15) is 5.75 Å². The molecule has 0 spiro atoms. The Hall–Kier alpha value is -0.670. The molecule has 0 radical (unpaired) electrons. The van der Waals surface area contributed by atoms with Gasteiger partial charge in [0.05, 0.1) is 6.61 Å². The molecule has 1 aromatic rings. The van der Waals surface area contributed by atoms with Gasteiger partial charge in [-0.1, -0.05) is 31.0 Å². The lowest BCUT2D eigenvalue weighted by molar-refractivity contribution is 0.352. The van der Waals surface area contributed by atoms with Gasteiger partial charge in [0.15, 0.2) is 0 Å². The summed E-state index contributed by atoms with van der Waals surface area (Å²) in [4.78, 5) is 0. The quantitative estimate of drug-likeness (QED) is 0.905. The molecular formula is C15H21NOS. The van der Waals surface area contributed by atoms with E-state index < -0.39 is 0 Å². The van der Waals surface area contributed by atoms with Gasteiger partial charge in [-0.3, -0.25) is 0 Å². The number of hydrogen-bond donors (Lipinski definition) is 1. The van der Waals surface area contributed by atoms with Crippen molar-refractivity contribution in [2.45, 2.75) is 43.4 Å². The van der Waals surface area contributed by atoms with Crippen molar-refractivity contribution in [3.05, 3.63) is 29.3 Å². The Morgan fingerprint density at radius 2 is 2.17 bits per heavy atom. The molecule has 1 atom stereocenters. The van der Waals surface area contributed by atoms with E-state index in [-0.39, 0.29) is 6.04 Å². The number of benzene rings is 1. The van der Waals surface area contributed by atoms with Gasteiger partial charge in [0.2, 0.25) is 0 Å². The number of thioether (sulfide) groups is 1. The summed E-state index contributed by atoms with van der Waals surface area (Å²) in [7, 11) is 0. The number of rotatable bonds is 4. The molecule has 0 saturated heterocycles. The van der Waals surface area contributed by atoms with Crippen molar-refractivity contribution < 1.29 is 4.74 Å². The number of fused-ring (bicyclic) bond motifs is 1. The molecule has 1 heterocycles. The summed E-state index contributed by atoms with van der Waals surface area (Å²) in [5.41, 5.74) is 8.88. The Balaban J connectivity index is 1.65. The van der Waals surface area contributed by atoms with Crippen LogP contribution in [0.2, 0.25) is 0 Å². The van der Waals surface area contributed by atoms with Crippen molar-refractivity contribution in [3.63, 3.8) is 0 Å². The second kappa shape index (κ2) is 5.54. The molecule has 1 saturated carbocycles. The lowest BCUT2D eigenvalue weighted by atomic mass is 10.0. The van der Waals surface area contributed by atoms with E-state index in [2.05, 4.69) is 30.0 Å². The van der Waals surface area contributed by atoms with E-state index in [0.717, 1.165) is 29.8 Å². The molecule has 0 aromatic heterocycles. The van der Waals surface area contributed by atoms with Crippen molar-refractivity contribution in [1.82, 2.24) is 0 Å². The van der Waals surface area contributed by atoms with E-state index in [1.165, 1.54) is 36.8 Å². The molecule has 1 aliphatic heterocycles. The first kappa shape index (κ1) is 12.4. The summed E-state index contributed by atoms with van der Waals surface area (Å²) in [6, 6.07) is 6.51. The Kier molecular flexibility index (Phi) is 3.80. The Bertz CT molecular complexity index is 415. The molecule has 1 aliphatic carbocycles. The van der Waals surface area contributed by atoms with Gasteiger partial charge < -0.3 is 10.5 Å². The standard InChI is InChI=1S/C15H21NOS/c16-14(10-18-12-5-1-2-6-12)13-7-3-4-11-8-9-17-15(11)13/h3-4,7,12,14H,1-2,5-6,8-10,16H2. The highest BCUT2D eigenvalue weighted by atomic mass is 32.2. The zero-order valence-corrected chi connectivity index (χ0v) is 11.5. The van der Waals surface area contributed by atoms with Crippen LogP contribution in [0.5, 0.6) is 5.75 Å². The number of para-hydroxylation sites is 1. The molecule has 2 aliphatic rings. The van der Waals surface area contributed by atoms with Gasteiger partial charge in [-0.05, 0) is 18.4 Å². The monoisotopic (exact) mass is 263 g/mol. The summed E-state index contributed by atoms with van der Waals surface area (Å²) < 4.78 is 5.73. The molecule has 1 unspecified atom stereocenters. The maximum absolute atomic E-state index is 6.35. The zero-order valence-electron chi connectivity index (χ0n) is 10.7. The first-order valence-corrected chi connectivity index (χ1v) is 8.01. The highest BCUT2D eigenvalue weighted by Gasteiger charge is 2.22. The summed E-state index contributed by atoms with van der Waals surface area (Å²) >= 11 is 2.05. The molecule has 3 rings (SSSR count). The fraction of sp³-hybridized carbons (Fsp3) is 0.600. The smallest absolute Gasteiger partial charge is 0.127 e. The number of nitrogens with two attached hydrogens (primary N) is 1. The maximum atomic E-state index is 6.35. The van der Waals surface area contributed by atoms with Crippen LogP contribution in [0.3, 0.4) is 0 Å². The van der Waals surface area contributed by atoms with Crippen LogP contribution in [0.15, 0.2) is 18.2 Å². The fourth-order valence-corrected chi connectivity index (χ4v) is 4.24. The van der Waals surface area contributed by atoms with Crippen molar-refractivity contribution in [3.8, 4) is 5.75 Å². The van der Waals surface area contributed by atoms with Crippen molar-refractivity contribution in [2.75, 3.05) is 12.4 Å². The van der Waals surface area contributed by atoms with Crippen LogP contribution < -0.4 is 10.5 Å². The third kappa shape index (κ3) is 2.52. The predicted molar refractivity (Wildman–Crippen MR) is 77.3 cm³/mol. The summed E-state index contributed by atoms with van der Waals surface area (Å²) in [6.45, 7) is 0.814. The van der Waals surface area contributed by atoms with Gasteiger partial charge in [-0.25, -0.2) is 0 Å². The number of hydrogen-bond acceptors (Lipinski definition) is 3. The molecule has 3 heteroatoms. The molecule has 0 amide bonds. The SMILES string of the molecule is NC(CSC1CCCC1)c1cccc2c1OCC2. The molecule has 1 aromatic carbocycles. The summed E-state index contributed by atoms with van der Waals surface area (Å²) in [5.74, 6) is 2.09. The largest absolute Gasteiger partial charge is 0.493 e. The minimum Gasteiger partial charge on any atom is -0.493 e. The first-order chi connectivity index (χ1) is 8.84. The van der Waals surface area contributed by atoms with Gasteiger partial charge in [-0.2, -0.15) is 11.8 Å². The van der Waals surface area contributed by atoms with Crippen LogP contribution >= 0.6 is 11.8 Å². The zero-order chi connectivity index (χ0) is 12.4. The highest BCUT2D eigenvalue weighted by Crippen LogP contribution is 2.36. The Morgan fingerprint density at radius 3 is 3.00 bits per heavy atom. The van der Waals surface area contributed by atoms with E-state index in [4.69, 9.17) is 10.5 Å². The molecule has 98 valence electrons. The molecule has 1 fully saturated rings. The summed E-state index contributed by atoms with van der Waals surface area (Å²) in [5, 5.41) is 0.841. The second-order valence-corrected chi connectivity index (χ2v) is 6.61. The fourth-order valence-electron chi connectivity index (χ4n) is 2.92. The maximum Gasteiger partial charge on any atom is 0.127 e. The topological polar surface area (TPSA) is 35.2 Å². The minimum atomic E-state index is 0.114. The van der Waals surface area contributed by atoms with Gasteiger partial charge in [0, 0.05) is 29.0 Å². The third-order valence-corrected chi connectivity index (χ3v) is 5.45. The van der Waals surface area contributed by atoms with E-state index in [1.807, 2.05) is 0 Å². The first-order valence-electron chi connectivity index (χ1n) is 6.96. The average molecular weight is 263 g/mol. The lowest BCUT2D eigenvalue weighted by Gasteiger charge is -2.17. The minimum absolute atomic E-state index is 0.114. The molecule has 0 bridgehead atoms. The van der Waals surface area contributed by atoms with Crippen LogP contribution in [-0.4, -0.2) is 17.6 Å². The van der Waals surface area contributed by atoms with E-state index in [1.54, 1.807) is 0 Å². The van der Waals surface area contributed by atoms with Crippen molar-refractivity contribution in [2.24, 2.45) is 5.73 Å². The van der Waals surface area contributed by atoms with Crippen LogP contribution in [0.4, 0.5) is 0 Å². The van der Waals surface area contributed by atoms with Crippen molar-refractivity contribution in [1.29, 1.82) is 0 Å². The average Bonchev–Trinajstić information content (AvgIpc) is 3.05. The van der Waals surface area contributed by atoms with Crippen molar-refractivity contribution >= 4 is 11.8 Å². The molecular weight excluding hydrogens is 242 g/mol. The third-order valence-electron chi connectivity index (χ3n) is 3.96. The molecule has 18 heavy (non-hydrogen) atoms. The van der Waals surface area contributed by atoms with Gasteiger partial charge in [0.25, 0.3) is 0 Å². The molecule has 2 nitrogen and oxygen atoms in total. The summed E-state index contributed by atoms with van der Waals surface area (Å²) in [6.07, 6.45) is 6.58. The van der Waals surface area contributed by atoms with Gasteiger partial charge in [-0.15, -0.1) is 0 Å². The predicted octanol–water partition coefficient (Wildman–Crippen LogP) is 3.30. The van der Waals surface area contributed by atoms with E-state index in [9.17, 15) is 0 Å². The van der Waals surface area contributed by atoms with Crippen LogP contribution in [-0.2, 0) is 6.42 Å². The highest BCUT2D eigenvalue weighted by molar-refractivity contribution is 7.99. The van der Waals surface area contributed by atoms with Crippen LogP contribution in [0.25, 0.3) is 0 Å². The normalized spacial score (nSPS) is 20.7. The molecule has 2 N–H and O–H groups in total.